The van der Waals surface area contributed by atoms with Gasteiger partial charge in [-0.2, -0.15) is 15.1 Å². The van der Waals surface area contributed by atoms with Gasteiger partial charge in [0.05, 0.1) is 40.6 Å². The van der Waals surface area contributed by atoms with E-state index in [2.05, 4.69) is 30.6 Å². The molecule has 3 aliphatic heterocycles. The van der Waals surface area contributed by atoms with Gasteiger partial charge in [-0.25, -0.2) is 8.78 Å². The second-order valence-corrected chi connectivity index (χ2v) is 18.9. The van der Waals surface area contributed by atoms with Crippen LogP contribution in [0.3, 0.4) is 0 Å². The monoisotopic (exact) mass is 917 g/mol. The van der Waals surface area contributed by atoms with Crippen molar-refractivity contribution >= 4 is 61.8 Å². The van der Waals surface area contributed by atoms with Crippen molar-refractivity contribution in [2.24, 2.45) is 18.4 Å². The lowest BCUT2D eigenvalue weighted by Crippen LogP contribution is -2.54. The molecular weight excluding hydrogens is 865 g/mol. The maximum absolute atomic E-state index is 17.3. The number of benzene rings is 3. The van der Waals surface area contributed by atoms with Crippen molar-refractivity contribution in [3.8, 4) is 23.0 Å². The third-order valence-electron chi connectivity index (χ3n) is 13.9. The SMILES string of the molecule is CCc1c(F)ccc2cc(OCOC)cc(-c3ncc4c(N5CCC[C@@](C)(O)C5)nc(OCC5(CNC(=O)C6CN(c7ccc8c(C9CCC(=O)NC9=O)nn(C)c8c7)C6)CC5)nc4c3F)c12. The lowest BCUT2D eigenvalue weighted by molar-refractivity contribution is -0.134. The van der Waals surface area contributed by atoms with E-state index >= 15 is 8.78 Å². The quantitative estimate of drug-likeness (QED) is 0.0876. The largest absolute Gasteiger partial charge is 0.468 e. The summed E-state index contributed by atoms with van der Waals surface area (Å²) in [4.78, 5) is 55.9. The molecule has 3 saturated heterocycles. The second-order valence-electron chi connectivity index (χ2n) is 18.9. The fourth-order valence-corrected chi connectivity index (χ4v) is 9.87. The normalized spacial score (nSPS) is 20.6. The number of pyridine rings is 1. The minimum Gasteiger partial charge on any atom is -0.468 e. The number of nitrogens with zero attached hydrogens (tertiary/aromatic N) is 7. The molecule has 4 fully saturated rings. The van der Waals surface area contributed by atoms with E-state index in [-0.39, 0.29) is 72.6 Å². The van der Waals surface area contributed by atoms with Crippen LogP contribution in [0.2, 0.25) is 0 Å². The van der Waals surface area contributed by atoms with E-state index in [9.17, 15) is 19.5 Å². The van der Waals surface area contributed by atoms with Crippen LogP contribution in [0.5, 0.6) is 11.8 Å². The van der Waals surface area contributed by atoms with Crippen molar-refractivity contribution in [3.05, 3.63) is 71.6 Å². The first-order valence-electron chi connectivity index (χ1n) is 22.9. The van der Waals surface area contributed by atoms with E-state index in [4.69, 9.17) is 19.2 Å². The summed E-state index contributed by atoms with van der Waals surface area (Å²) >= 11 is 0. The van der Waals surface area contributed by atoms with Gasteiger partial charge in [-0.05, 0) is 98.2 Å². The van der Waals surface area contributed by atoms with Crippen molar-refractivity contribution < 1.29 is 42.5 Å². The lowest BCUT2D eigenvalue weighted by atomic mass is 9.92. The third kappa shape index (κ3) is 8.45. The summed E-state index contributed by atoms with van der Waals surface area (Å²) in [7, 11) is 3.33. The molecule has 3 amide bonds. The molecule has 3 N–H and O–H groups in total. The maximum atomic E-state index is 17.3. The number of fused-ring (bicyclic) bond motifs is 3. The average Bonchev–Trinajstić information content (AvgIpc) is 4.00. The Kier molecular flexibility index (Phi) is 11.4. The van der Waals surface area contributed by atoms with Crippen LogP contribution in [0.1, 0.15) is 69.5 Å². The predicted octanol–water partition coefficient (Wildman–Crippen LogP) is 5.84. The molecule has 10 rings (SSSR count). The summed E-state index contributed by atoms with van der Waals surface area (Å²) in [5, 5.41) is 23.7. The minimum atomic E-state index is -1.01. The summed E-state index contributed by atoms with van der Waals surface area (Å²) < 4.78 is 51.6. The van der Waals surface area contributed by atoms with E-state index in [1.807, 2.05) is 37.1 Å². The number of aryl methyl sites for hydroxylation is 2. The summed E-state index contributed by atoms with van der Waals surface area (Å²) in [5.74, 6) is -1.74. The number of aliphatic hydroxyl groups is 1. The number of piperidine rings is 2. The number of ether oxygens (including phenoxy) is 3. The zero-order valence-electron chi connectivity index (χ0n) is 38.0. The Bertz CT molecular complexity index is 2970. The number of β-amino-alcohol motifs (C(OH)–C–C–N with tert-alkyl or cyclic N) is 1. The minimum absolute atomic E-state index is 0.0361. The molecule has 3 aromatic carbocycles. The van der Waals surface area contributed by atoms with Gasteiger partial charge in [0.15, 0.2) is 12.6 Å². The van der Waals surface area contributed by atoms with Crippen LogP contribution in [0, 0.1) is 23.0 Å². The number of methoxy groups -OCH3 is 1. The lowest BCUT2D eigenvalue weighted by Gasteiger charge is -2.40. The van der Waals surface area contributed by atoms with Gasteiger partial charge >= 0.3 is 6.01 Å². The Labute approximate surface area is 385 Å². The van der Waals surface area contributed by atoms with Crippen LogP contribution in [0.4, 0.5) is 20.3 Å². The molecule has 0 radical (unpaired) electrons. The Morgan fingerprint density at radius 2 is 1.85 bits per heavy atom. The fraction of sp³-hybridized carbons (Fsp3) is 0.449. The highest BCUT2D eigenvalue weighted by molar-refractivity contribution is 6.03. The van der Waals surface area contributed by atoms with Crippen LogP contribution in [-0.2, 0) is 32.6 Å². The predicted molar refractivity (Wildman–Crippen MR) is 246 cm³/mol. The summed E-state index contributed by atoms with van der Waals surface area (Å²) in [6, 6.07) is 12.3. The molecule has 0 spiro atoms. The van der Waals surface area contributed by atoms with Crippen molar-refractivity contribution in [1.82, 2.24) is 35.4 Å². The van der Waals surface area contributed by atoms with E-state index in [1.165, 1.54) is 19.4 Å². The van der Waals surface area contributed by atoms with E-state index in [0.29, 0.717) is 96.4 Å². The van der Waals surface area contributed by atoms with Crippen LogP contribution in [0.15, 0.2) is 48.7 Å². The van der Waals surface area contributed by atoms with Gasteiger partial charge in [0, 0.05) is 81.6 Å². The topological polar surface area (TPSA) is 186 Å². The molecular formula is C49H53F2N9O7. The van der Waals surface area contributed by atoms with Crippen LogP contribution < -0.4 is 29.9 Å². The van der Waals surface area contributed by atoms with E-state index < -0.39 is 23.2 Å². The zero-order chi connectivity index (χ0) is 46.8. The summed E-state index contributed by atoms with van der Waals surface area (Å²) in [5.41, 5.74) is 1.76. The molecule has 4 aliphatic rings. The Balaban J connectivity index is 0.862. The van der Waals surface area contributed by atoms with Gasteiger partial charge in [-0.15, -0.1) is 0 Å². The van der Waals surface area contributed by atoms with Gasteiger partial charge in [0.1, 0.15) is 28.6 Å². The molecule has 6 aromatic rings. The molecule has 1 unspecified atom stereocenters. The molecule has 350 valence electrons. The molecule has 6 heterocycles. The Hall–Kier alpha value is -6.53. The highest BCUT2D eigenvalue weighted by Crippen LogP contribution is 2.46. The fourth-order valence-electron chi connectivity index (χ4n) is 9.87. The summed E-state index contributed by atoms with van der Waals surface area (Å²) in [6.45, 7) is 6.00. The van der Waals surface area contributed by atoms with Crippen molar-refractivity contribution in [2.45, 2.75) is 70.3 Å². The molecule has 16 nitrogen and oxygen atoms in total. The molecule has 1 saturated carbocycles. The number of hydrogen-bond acceptors (Lipinski definition) is 13. The van der Waals surface area contributed by atoms with E-state index in [0.717, 1.165) is 29.4 Å². The highest BCUT2D eigenvalue weighted by atomic mass is 19.1. The third-order valence-corrected chi connectivity index (χ3v) is 13.9. The van der Waals surface area contributed by atoms with Crippen molar-refractivity contribution in [3.63, 3.8) is 0 Å². The van der Waals surface area contributed by atoms with Crippen LogP contribution in [-0.4, -0.2) is 106 Å². The molecule has 2 atom stereocenters. The van der Waals surface area contributed by atoms with Gasteiger partial charge in [0.2, 0.25) is 17.7 Å². The molecule has 67 heavy (non-hydrogen) atoms. The van der Waals surface area contributed by atoms with Gasteiger partial charge < -0.3 is 34.4 Å². The number of aromatic nitrogens is 5. The molecule has 18 heteroatoms. The van der Waals surface area contributed by atoms with Crippen LogP contribution in [0.25, 0.3) is 43.8 Å². The zero-order valence-corrected chi connectivity index (χ0v) is 38.0. The maximum Gasteiger partial charge on any atom is 0.319 e. The first-order valence-corrected chi connectivity index (χ1v) is 22.9. The smallest absolute Gasteiger partial charge is 0.319 e. The number of halogens is 2. The number of nitrogens with one attached hydrogen (secondary N) is 2. The first-order chi connectivity index (χ1) is 32.2. The van der Waals surface area contributed by atoms with Crippen LogP contribution >= 0.6 is 0 Å². The number of rotatable bonds is 14. The summed E-state index contributed by atoms with van der Waals surface area (Å²) in [6.07, 6.45) is 5.45. The number of imide groups is 1. The van der Waals surface area contributed by atoms with E-state index in [1.54, 1.807) is 29.8 Å². The highest BCUT2D eigenvalue weighted by Gasteiger charge is 2.45. The number of carbonyl (C=O) groups is 3. The number of carbonyl (C=O) groups excluding carboxylic acids is 3. The standard InChI is InChI=1S/C49H53F2N9O7/c1-5-31-36(50)11-7-27-17-30(67-26-65-4)19-34(39(27)31)42-40(51)43-35(20-52-42)44(59-16-6-13-48(2,64)24-59)56-47(55-43)66-25-49(14-15-49)23-53-45(62)28-21-60(22-28)29-8-9-32-37(18-29)58(3)57-41(32)33-10-12-38(61)54-46(33)63/h7-9,11,17-20,28,33,64H,5-6,10,12-16,21-26H2,1-4H3,(H,53,62)(H,54,61,63)/t33?,48-/m1/s1. The number of anilines is 2. The van der Waals surface area contributed by atoms with Crippen molar-refractivity contribution in [1.29, 1.82) is 0 Å². The Morgan fingerprint density at radius 1 is 1.03 bits per heavy atom. The van der Waals surface area contributed by atoms with Gasteiger partial charge in [0.25, 0.3) is 0 Å². The average molecular weight is 918 g/mol. The molecule has 3 aromatic heterocycles. The first kappa shape index (κ1) is 44.3. The van der Waals surface area contributed by atoms with Gasteiger partial charge in [-0.3, -0.25) is 29.4 Å². The van der Waals surface area contributed by atoms with Crippen molar-refractivity contribution in [2.75, 3.05) is 63.0 Å². The number of amides is 3. The molecule has 0 bridgehead atoms. The molecule has 1 aliphatic carbocycles. The second kappa shape index (κ2) is 17.3. The Morgan fingerprint density at radius 3 is 2.60 bits per heavy atom. The van der Waals surface area contributed by atoms with Gasteiger partial charge in [-0.1, -0.05) is 13.0 Å². The number of hydrogen-bond donors (Lipinski definition) is 3.